The minimum absolute atomic E-state index is 0.0644. The van der Waals surface area contributed by atoms with Crippen molar-refractivity contribution in [3.63, 3.8) is 0 Å². The Labute approximate surface area is 156 Å². The Kier molecular flexibility index (Phi) is 5.11. The monoisotopic (exact) mass is 382 g/mol. The van der Waals surface area contributed by atoms with Crippen molar-refractivity contribution in [3.05, 3.63) is 34.9 Å². The molecule has 0 unspecified atom stereocenters. The van der Waals surface area contributed by atoms with Crippen LogP contribution in [0.3, 0.4) is 0 Å². The van der Waals surface area contributed by atoms with E-state index in [1.54, 1.807) is 4.31 Å². The summed E-state index contributed by atoms with van der Waals surface area (Å²) in [6.07, 6.45) is 5.04. The van der Waals surface area contributed by atoms with Crippen LogP contribution in [0.4, 0.5) is 0 Å². The first-order valence-corrected chi connectivity index (χ1v) is 11.4. The van der Waals surface area contributed by atoms with Gasteiger partial charge in [0.05, 0.1) is 5.25 Å². The number of halogens is 1. The highest BCUT2D eigenvalue weighted by molar-refractivity contribution is 7.90. The third-order valence-corrected chi connectivity index (χ3v) is 8.75. The van der Waals surface area contributed by atoms with Gasteiger partial charge in [0.25, 0.3) is 0 Å². The lowest BCUT2D eigenvalue weighted by Crippen LogP contribution is -2.41. The molecule has 2 saturated heterocycles. The van der Waals surface area contributed by atoms with E-state index in [0.717, 1.165) is 69.3 Å². The first-order valence-electron chi connectivity index (χ1n) is 9.48. The lowest BCUT2D eigenvalue weighted by atomic mass is 9.84. The zero-order valence-corrected chi connectivity index (χ0v) is 16.2. The van der Waals surface area contributed by atoms with E-state index in [0.29, 0.717) is 5.92 Å². The van der Waals surface area contributed by atoms with Crippen LogP contribution in [0.15, 0.2) is 24.3 Å². The van der Waals surface area contributed by atoms with Crippen LogP contribution in [0.2, 0.25) is 5.02 Å². The zero-order chi connectivity index (χ0) is 17.4. The minimum atomic E-state index is -2.98. The molecule has 0 spiro atoms. The molecule has 6 heteroatoms. The average molecular weight is 383 g/mol. The number of benzene rings is 1. The second kappa shape index (κ2) is 7.18. The Hall–Kier alpha value is -0.620. The molecule has 0 bridgehead atoms. The first kappa shape index (κ1) is 17.8. The Balaban J connectivity index is 1.27. The Morgan fingerprint density at radius 3 is 2.20 bits per heavy atom. The fraction of sp³-hybridized carbons (Fsp3) is 0.684. The quantitative estimate of drug-likeness (QED) is 0.783. The Morgan fingerprint density at radius 1 is 0.920 bits per heavy atom. The van der Waals surface area contributed by atoms with Gasteiger partial charge in [0.15, 0.2) is 0 Å². The predicted molar refractivity (Wildman–Crippen MR) is 101 cm³/mol. The van der Waals surface area contributed by atoms with Crippen LogP contribution in [0, 0.1) is 11.8 Å². The van der Waals surface area contributed by atoms with E-state index < -0.39 is 10.0 Å². The van der Waals surface area contributed by atoms with Crippen molar-refractivity contribution >= 4 is 21.6 Å². The van der Waals surface area contributed by atoms with E-state index in [9.17, 15) is 8.42 Å². The molecule has 25 heavy (non-hydrogen) atoms. The smallest absolute Gasteiger partial charge is 0.216 e. The number of piperidine rings is 1. The van der Waals surface area contributed by atoms with E-state index >= 15 is 0 Å². The van der Waals surface area contributed by atoms with Crippen LogP contribution in [0.25, 0.3) is 0 Å². The number of sulfonamides is 1. The first-order chi connectivity index (χ1) is 12.0. The second-order valence-corrected chi connectivity index (χ2v) is 10.5. The molecule has 3 fully saturated rings. The van der Waals surface area contributed by atoms with Crippen molar-refractivity contribution < 1.29 is 8.42 Å². The van der Waals surface area contributed by atoms with Crippen LogP contribution in [-0.2, 0) is 16.6 Å². The maximum Gasteiger partial charge on any atom is 0.216 e. The molecule has 3 aliphatic rings. The largest absolute Gasteiger partial charge is 0.299 e. The van der Waals surface area contributed by atoms with Gasteiger partial charge in [-0.3, -0.25) is 4.90 Å². The molecule has 4 rings (SSSR count). The van der Waals surface area contributed by atoms with E-state index in [2.05, 4.69) is 17.0 Å². The van der Waals surface area contributed by atoms with E-state index in [1.807, 2.05) is 12.1 Å². The van der Waals surface area contributed by atoms with E-state index in [-0.39, 0.29) is 5.25 Å². The normalized spacial score (nSPS) is 27.0. The summed E-state index contributed by atoms with van der Waals surface area (Å²) in [5.41, 5.74) is 1.32. The molecule has 0 radical (unpaired) electrons. The lowest BCUT2D eigenvalue weighted by molar-refractivity contribution is 0.201. The fourth-order valence-electron chi connectivity index (χ4n) is 4.42. The SMILES string of the molecule is O=S(=O)(C1CC1)N1CCC([C@H]2CCN(Cc3ccc(Cl)cc3)C2)CC1. The Morgan fingerprint density at radius 2 is 1.56 bits per heavy atom. The lowest BCUT2D eigenvalue weighted by Gasteiger charge is -2.34. The highest BCUT2D eigenvalue weighted by atomic mass is 35.5. The van der Waals surface area contributed by atoms with Crippen molar-refractivity contribution in [1.29, 1.82) is 0 Å². The molecule has 2 aliphatic heterocycles. The average Bonchev–Trinajstić information content (AvgIpc) is 3.38. The predicted octanol–water partition coefficient (Wildman–Crippen LogP) is 3.37. The van der Waals surface area contributed by atoms with Crippen LogP contribution < -0.4 is 0 Å². The van der Waals surface area contributed by atoms with Gasteiger partial charge in [0, 0.05) is 31.2 Å². The molecule has 0 N–H and O–H groups in total. The summed E-state index contributed by atoms with van der Waals surface area (Å²) in [4.78, 5) is 2.53. The van der Waals surface area contributed by atoms with Crippen molar-refractivity contribution in [2.45, 2.75) is 43.9 Å². The summed E-state index contributed by atoms with van der Waals surface area (Å²) < 4.78 is 26.5. The number of likely N-dealkylation sites (tertiary alicyclic amines) is 1. The molecule has 4 nitrogen and oxygen atoms in total. The molecule has 1 aromatic carbocycles. The third kappa shape index (κ3) is 4.05. The molecule has 0 aromatic heterocycles. The Bertz CT molecular complexity index is 695. The molecule has 138 valence electrons. The van der Waals surface area contributed by atoms with E-state index in [1.165, 1.54) is 12.0 Å². The second-order valence-electron chi connectivity index (χ2n) is 7.89. The van der Waals surface area contributed by atoms with Crippen LogP contribution >= 0.6 is 11.6 Å². The van der Waals surface area contributed by atoms with Crippen molar-refractivity contribution in [2.24, 2.45) is 11.8 Å². The van der Waals surface area contributed by atoms with Gasteiger partial charge in [0.1, 0.15) is 0 Å². The molecule has 1 atom stereocenters. The van der Waals surface area contributed by atoms with Gasteiger partial charge < -0.3 is 0 Å². The van der Waals surface area contributed by atoms with Gasteiger partial charge >= 0.3 is 0 Å². The molecule has 2 heterocycles. The van der Waals surface area contributed by atoms with Gasteiger partial charge in [-0.2, -0.15) is 0 Å². The maximum absolute atomic E-state index is 12.4. The summed E-state index contributed by atoms with van der Waals surface area (Å²) in [5, 5.41) is 0.723. The highest BCUT2D eigenvalue weighted by Crippen LogP contribution is 2.36. The number of hydrogen-bond donors (Lipinski definition) is 0. The third-order valence-electron chi connectivity index (χ3n) is 6.10. The van der Waals surface area contributed by atoms with Crippen molar-refractivity contribution in [2.75, 3.05) is 26.2 Å². The zero-order valence-electron chi connectivity index (χ0n) is 14.6. The van der Waals surface area contributed by atoms with Gasteiger partial charge in [0.2, 0.25) is 10.0 Å². The summed E-state index contributed by atoms with van der Waals surface area (Å²) in [5.74, 6) is 1.40. The number of rotatable bonds is 5. The topological polar surface area (TPSA) is 40.6 Å². The van der Waals surface area contributed by atoms with Gasteiger partial charge in [-0.05, 0) is 68.2 Å². The molecular weight excluding hydrogens is 356 g/mol. The number of nitrogens with zero attached hydrogens (tertiary/aromatic N) is 2. The number of hydrogen-bond acceptors (Lipinski definition) is 3. The molecule has 1 aromatic rings. The van der Waals surface area contributed by atoms with Crippen molar-refractivity contribution in [3.8, 4) is 0 Å². The van der Waals surface area contributed by atoms with Crippen molar-refractivity contribution in [1.82, 2.24) is 9.21 Å². The summed E-state index contributed by atoms with van der Waals surface area (Å²) >= 11 is 5.96. The maximum atomic E-state index is 12.4. The molecular formula is C19H27ClN2O2S. The summed E-state index contributed by atoms with van der Waals surface area (Å²) in [6.45, 7) is 4.74. The summed E-state index contributed by atoms with van der Waals surface area (Å²) in [7, 11) is -2.98. The molecule has 1 aliphatic carbocycles. The van der Waals surface area contributed by atoms with E-state index in [4.69, 9.17) is 11.6 Å². The van der Waals surface area contributed by atoms with Gasteiger partial charge in [-0.25, -0.2) is 12.7 Å². The summed E-state index contributed by atoms with van der Waals surface area (Å²) in [6, 6.07) is 8.13. The molecule has 1 saturated carbocycles. The molecule has 0 amide bonds. The van der Waals surface area contributed by atoms with Gasteiger partial charge in [-0.1, -0.05) is 23.7 Å². The standard InChI is InChI=1S/C19H27ClN2O2S/c20-18-3-1-15(2-4-18)13-21-10-7-17(14-21)16-8-11-22(12-9-16)25(23,24)19-5-6-19/h1-4,16-17,19H,5-14H2/t17-/m0/s1. The highest BCUT2D eigenvalue weighted by Gasteiger charge is 2.42. The van der Waals surface area contributed by atoms with Crippen LogP contribution in [0.1, 0.15) is 37.7 Å². The van der Waals surface area contributed by atoms with Crippen LogP contribution in [-0.4, -0.2) is 49.1 Å². The minimum Gasteiger partial charge on any atom is -0.299 e. The van der Waals surface area contributed by atoms with Crippen LogP contribution in [0.5, 0.6) is 0 Å². The van der Waals surface area contributed by atoms with Gasteiger partial charge in [-0.15, -0.1) is 0 Å². The fourth-order valence-corrected chi connectivity index (χ4v) is 6.42.